The Hall–Kier alpha value is -0.300. The van der Waals surface area contributed by atoms with E-state index in [0.29, 0.717) is 0 Å². The van der Waals surface area contributed by atoms with Gasteiger partial charge in [0.2, 0.25) is 0 Å². The summed E-state index contributed by atoms with van der Waals surface area (Å²) >= 11 is 5.68. The average Bonchev–Trinajstić information content (AvgIpc) is 2.41. The molecule has 0 aliphatic heterocycles. The fourth-order valence-corrected chi connectivity index (χ4v) is 2.63. The zero-order valence-corrected chi connectivity index (χ0v) is 11.5. The lowest BCUT2D eigenvalue weighted by atomic mass is 10.2. The lowest BCUT2D eigenvalue weighted by Crippen LogP contribution is -1.90. The minimum atomic E-state index is 0.830. The summed E-state index contributed by atoms with van der Waals surface area (Å²) in [5.74, 6) is 0.830. The number of nitrogens with zero attached hydrogens (tertiary/aromatic N) is 2. The van der Waals surface area contributed by atoms with Gasteiger partial charge in [0.1, 0.15) is 9.45 Å². The van der Waals surface area contributed by atoms with E-state index in [1.165, 1.54) is 0 Å². The van der Waals surface area contributed by atoms with Gasteiger partial charge in [-0.3, -0.25) is 4.68 Å². The van der Waals surface area contributed by atoms with Crippen LogP contribution in [0.4, 0.5) is 0 Å². The second-order valence-electron chi connectivity index (χ2n) is 2.92. The summed E-state index contributed by atoms with van der Waals surface area (Å²) in [6, 6.07) is 4.01. The number of rotatable bonds is 1. The molecule has 2 rings (SSSR count). The van der Waals surface area contributed by atoms with Crippen molar-refractivity contribution in [3.8, 4) is 5.75 Å². The van der Waals surface area contributed by atoms with Crippen molar-refractivity contribution in [2.45, 2.75) is 0 Å². The first-order chi connectivity index (χ1) is 6.63. The second kappa shape index (κ2) is 3.69. The standard InChI is InChI=1S/C9H8BrIN2O/c1-13-7-4-8(14-2)6(10)3-5(7)9(11)12-13/h3-4H,1-2H3. The van der Waals surface area contributed by atoms with Crippen LogP contribution in [0.25, 0.3) is 10.9 Å². The van der Waals surface area contributed by atoms with Crippen molar-refractivity contribution >= 4 is 49.4 Å². The van der Waals surface area contributed by atoms with E-state index in [2.05, 4.69) is 43.6 Å². The molecule has 14 heavy (non-hydrogen) atoms. The van der Waals surface area contributed by atoms with Crippen molar-refractivity contribution in [1.82, 2.24) is 9.78 Å². The Morgan fingerprint density at radius 2 is 2.21 bits per heavy atom. The quantitative estimate of drug-likeness (QED) is 0.725. The van der Waals surface area contributed by atoms with E-state index in [-0.39, 0.29) is 0 Å². The van der Waals surface area contributed by atoms with E-state index in [4.69, 9.17) is 4.74 Å². The maximum Gasteiger partial charge on any atom is 0.135 e. The smallest absolute Gasteiger partial charge is 0.135 e. The average molecular weight is 367 g/mol. The number of hydrogen-bond donors (Lipinski definition) is 0. The monoisotopic (exact) mass is 366 g/mol. The Kier molecular flexibility index (Phi) is 2.70. The minimum Gasteiger partial charge on any atom is -0.495 e. The lowest BCUT2D eigenvalue weighted by Gasteiger charge is -2.03. The molecule has 2 aromatic rings. The SMILES string of the molecule is COc1cc2c(cc1Br)c(I)nn2C. The van der Waals surface area contributed by atoms with Gasteiger partial charge in [-0.05, 0) is 44.6 Å². The number of aromatic nitrogens is 2. The maximum atomic E-state index is 5.23. The van der Waals surface area contributed by atoms with Crippen LogP contribution in [-0.2, 0) is 7.05 Å². The van der Waals surface area contributed by atoms with Crippen LogP contribution in [0.1, 0.15) is 0 Å². The molecule has 1 aromatic heterocycles. The van der Waals surface area contributed by atoms with Crippen LogP contribution in [0.3, 0.4) is 0 Å². The molecule has 5 heteroatoms. The van der Waals surface area contributed by atoms with Gasteiger partial charge < -0.3 is 4.74 Å². The Balaban J connectivity index is 2.82. The van der Waals surface area contributed by atoms with Gasteiger partial charge in [-0.15, -0.1) is 0 Å². The van der Waals surface area contributed by atoms with Crippen LogP contribution in [0, 0.1) is 3.70 Å². The van der Waals surface area contributed by atoms with Crippen molar-refractivity contribution in [3.63, 3.8) is 0 Å². The predicted molar refractivity (Wildman–Crippen MR) is 67.7 cm³/mol. The summed E-state index contributed by atoms with van der Waals surface area (Å²) in [6.45, 7) is 0. The van der Waals surface area contributed by atoms with Gasteiger partial charge in [-0.25, -0.2) is 0 Å². The molecule has 0 saturated heterocycles. The zero-order chi connectivity index (χ0) is 10.3. The topological polar surface area (TPSA) is 27.1 Å². The molecule has 1 aromatic carbocycles. The molecule has 0 unspecified atom stereocenters. The molecular formula is C9H8BrIN2O. The Labute approximate surface area is 104 Å². The number of aryl methyl sites for hydroxylation is 1. The van der Waals surface area contributed by atoms with Gasteiger partial charge in [0, 0.05) is 18.5 Å². The van der Waals surface area contributed by atoms with Gasteiger partial charge in [0.15, 0.2) is 0 Å². The Bertz CT molecular complexity index is 495. The van der Waals surface area contributed by atoms with Gasteiger partial charge in [-0.1, -0.05) is 0 Å². The number of methoxy groups -OCH3 is 1. The molecular weight excluding hydrogens is 359 g/mol. The normalized spacial score (nSPS) is 10.9. The lowest BCUT2D eigenvalue weighted by molar-refractivity contribution is 0.412. The Morgan fingerprint density at radius 1 is 1.50 bits per heavy atom. The van der Waals surface area contributed by atoms with Crippen LogP contribution >= 0.6 is 38.5 Å². The van der Waals surface area contributed by atoms with E-state index in [9.17, 15) is 0 Å². The molecule has 0 aliphatic rings. The predicted octanol–water partition coefficient (Wildman–Crippen LogP) is 2.95. The second-order valence-corrected chi connectivity index (χ2v) is 4.79. The molecule has 0 N–H and O–H groups in total. The van der Waals surface area contributed by atoms with Gasteiger partial charge in [-0.2, -0.15) is 5.10 Å². The number of benzene rings is 1. The van der Waals surface area contributed by atoms with Crippen molar-refractivity contribution < 1.29 is 4.74 Å². The van der Waals surface area contributed by atoms with E-state index < -0.39 is 0 Å². The van der Waals surface area contributed by atoms with Crippen LogP contribution in [0.15, 0.2) is 16.6 Å². The Morgan fingerprint density at radius 3 is 2.86 bits per heavy atom. The number of hydrogen-bond acceptors (Lipinski definition) is 2. The van der Waals surface area contributed by atoms with Crippen molar-refractivity contribution in [2.75, 3.05) is 7.11 Å². The third-order valence-electron chi connectivity index (χ3n) is 2.08. The molecule has 0 spiro atoms. The molecule has 74 valence electrons. The molecule has 3 nitrogen and oxygen atoms in total. The fraction of sp³-hybridized carbons (Fsp3) is 0.222. The highest BCUT2D eigenvalue weighted by molar-refractivity contribution is 14.1. The van der Waals surface area contributed by atoms with E-state index >= 15 is 0 Å². The minimum absolute atomic E-state index is 0.830. The largest absolute Gasteiger partial charge is 0.495 e. The van der Waals surface area contributed by atoms with Gasteiger partial charge >= 0.3 is 0 Å². The first kappa shape index (κ1) is 10.2. The van der Waals surface area contributed by atoms with Crippen LogP contribution in [0.5, 0.6) is 5.75 Å². The molecule has 1 heterocycles. The van der Waals surface area contributed by atoms with E-state index in [1.54, 1.807) is 7.11 Å². The van der Waals surface area contributed by atoms with Gasteiger partial charge in [0.25, 0.3) is 0 Å². The molecule has 0 atom stereocenters. The number of ether oxygens (including phenoxy) is 1. The summed E-state index contributed by atoms with van der Waals surface area (Å²) in [5, 5.41) is 5.47. The zero-order valence-electron chi connectivity index (χ0n) is 7.71. The molecule has 0 radical (unpaired) electrons. The van der Waals surface area contributed by atoms with Crippen LogP contribution < -0.4 is 4.74 Å². The fourth-order valence-electron chi connectivity index (χ4n) is 1.37. The van der Waals surface area contributed by atoms with E-state index in [0.717, 1.165) is 24.8 Å². The molecule has 0 fully saturated rings. The molecule has 0 aliphatic carbocycles. The molecule has 0 saturated carbocycles. The van der Waals surface area contributed by atoms with Crippen molar-refractivity contribution in [3.05, 3.63) is 20.3 Å². The summed E-state index contributed by atoms with van der Waals surface area (Å²) < 4.78 is 9.04. The highest BCUT2D eigenvalue weighted by Gasteiger charge is 2.09. The van der Waals surface area contributed by atoms with Crippen molar-refractivity contribution in [2.24, 2.45) is 7.05 Å². The first-order valence-electron chi connectivity index (χ1n) is 3.99. The van der Waals surface area contributed by atoms with Crippen LogP contribution in [0.2, 0.25) is 0 Å². The van der Waals surface area contributed by atoms with Gasteiger partial charge in [0.05, 0.1) is 17.1 Å². The summed E-state index contributed by atoms with van der Waals surface area (Å²) in [5.41, 5.74) is 1.08. The first-order valence-corrected chi connectivity index (χ1v) is 5.86. The molecule has 0 amide bonds. The summed E-state index contributed by atoms with van der Waals surface area (Å²) in [4.78, 5) is 0. The highest BCUT2D eigenvalue weighted by atomic mass is 127. The number of fused-ring (bicyclic) bond motifs is 1. The third kappa shape index (κ3) is 1.52. The summed E-state index contributed by atoms with van der Waals surface area (Å²) in [6.07, 6.45) is 0. The number of halogens is 2. The highest BCUT2D eigenvalue weighted by Crippen LogP contribution is 2.31. The van der Waals surface area contributed by atoms with E-state index in [1.807, 2.05) is 23.9 Å². The third-order valence-corrected chi connectivity index (χ3v) is 3.50. The van der Waals surface area contributed by atoms with Crippen molar-refractivity contribution in [1.29, 1.82) is 0 Å². The molecule has 0 bridgehead atoms. The van der Waals surface area contributed by atoms with Crippen LogP contribution in [-0.4, -0.2) is 16.9 Å². The maximum absolute atomic E-state index is 5.23. The summed E-state index contributed by atoms with van der Waals surface area (Å²) in [7, 11) is 3.59.